The van der Waals surface area contributed by atoms with E-state index in [0.717, 1.165) is 31.1 Å². The molecule has 2 aliphatic rings. The maximum Gasteiger partial charge on any atom is 0.323 e. The average molecular weight is 500 g/mol. The smallest absolute Gasteiger partial charge is 0.323 e. The number of hydrogen-bond donors (Lipinski definition) is 4. The van der Waals surface area contributed by atoms with Crippen molar-refractivity contribution in [2.45, 2.75) is 76.9 Å². The number of anilines is 2. The van der Waals surface area contributed by atoms with Gasteiger partial charge in [0.05, 0.1) is 12.3 Å². The molecule has 2 atom stereocenters. The van der Waals surface area contributed by atoms with Gasteiger partial charge in [-0.05, 0) is 49.3 Å². The Balaban J connectivity index is 1.31. The molecule has 35 heavy (non-hydrogen) atoms. The Kier molecular flexibility index (Phi) is 8.93. The van der Waals surface area contributed by atoms with Crippen LogP contribution in [0.15, 0.2) is 30.6 Å². The lowest BCUT2D eigenvalue weighted by molar-refractivity contribution is 0.0927. The molecule has 2 fully saturated rings. The van der Waals surface area contributed by atoms with Crippen molar-refractivity contribution in [3.8, 4) is 0 Å². The van der Waals surface area contributed by atoms with E-state index in [1.807, 2.05) is 0 Å². The number of rotatable bonds is 6. The van der Waals surface area contributed by atoms with Gasteiger partial charge in [0.15, 0.2) is 0 Å². The molecule has 2 aromatic heterocycles. The summed E-state index contributed by atoms with van der Waals surface area (Å²) in [7, 11) is 0. The van der Waals surface area contributed by atoms with Crippen LogP contribution in [0, 0.1) is 11.8 Å². The van der Waals surface area contributed by atoms with Gasteiger partial charge in [-0.15, -0.1) is 0 Å². The first-order chi connectivity index (χ1) is 17.0. The molecule has 3 amide bonds. The van der Waals surface area contributed by atoms with Crippen LogP contribution in [0.1, 0.15) is 80.3 Å². The van der Waals surface area contributed by atoms with Gasteiger partial charge in [0, 0.05) is 29.7 Å². The second-order valence-electron chi connectivity index (χ2n) is 9.67. The van der Waals surface area contributed by atoms with Crippen molar-refractivity contribution in [1.82, 2.24) is 15.3 Å². The Bertz CT molecular complexity index is 1030. The van der Waals surface area contributed by atoms with E-state index in [0.29, 0.717) is 16.9 Å². The summed E-state index contributed by atoms with van der Waals surface area (Å²) < 4.78 is 0. The van der Waals surface area contributed by atoms with E-state index in [-0.39, 0.29) is 29.4 Å². The largest absolute Gasteiger partial charge is 0.392 e. The third-order valence-electron chi connectivity index (χ3n) is 7.29. The van der Waals surface area contributed by atoms with Crippen molar-refractivity contribution < 1.29 is 14.7 Å². The number of pyridine rings is 2. The van der Waals surface area contributed by atoms with Crippen LogP contribution in [-0.4, -0.2) is 33.1 Å². The Morgan fingerprint density at radius 3 is 2.51 bits per heavy atom. The van der Waals surface area contributed by atoms with Crippen LogP contribution >= 0.6 is 11.6 Å². The molecule has 2 aromatic rings. The van der Waals surface area contributed by atoms with E-state index in [9.17, 15) is 14.7 Å². The monoisotopic (exact) mass is 499 g/mol. The average Bonchev–Trinajstić information content (AvgIpc) is 3.10. The highest BCUT2D eigenvalue weighted by molar-refractivity contribution is 6.29. The molecule has 0 aromatic carbocycles. The number of amides is 3. The zero-order chi connectivity index (χ0) is 24.6. The fourth-order valence-corrected chi connectivity index (χ4v) is 5.59. The number of carbonyl (C=O) groups is 2. The lowest BCUT2D eigenvalue weighted by atomic mass is 9.77. The molecule has 0 spiro atoms. The number of halogens is 1. The zero-order valence-electron chi connectivity index (χ0n) is 19.9. The number of aliphatic hydroxyl groups is 1. The molecule has 0 radical (unpaired) electrons. The van der Waals surface area contributed by atoms with Crippen molar-refractivity contribution in [3.63, 3.8) is 0 Å². The number of aromatic nitrogens is 2. The molecule has 4 rings (SSSR count). The highest BCUT2D eigenvalue weighted by atomic mass is 35.5. The van der Waals surface area contributed by atoms with Gasteiger partial charge >= 0.3 is 6.03 Å². The van der Waals surface area contributed by atoms with Crippen LogP contribution in [-0.2, 0) is 6.61 Å². The molecule has 2 saturated carbocycles. The molecule has 4 N–H and O–H groups in total. The molecule has 0 saturated heterocycles. The Morgan fingerprint density at radius 2 is 1.71 bits per heavy atom. The SMILES string of the molecule is O=C(Nc1ccnc(C(=O)NC2CCCC(C3CCCCC3)CC2)c1)Nc1cc(Cl)ncc1CO. The summed E-state index contributed by atoms with van der Waals surface area (Å²) in [6, 6.07) is 4.26. The minimum absolute atomic E-state index is 0.158. The molecular weight excluding hydrogens is 466 g/mol. The second kappa shape index (κ2) is 12.3. The number of urea groups is 1. The van der Waals surface area contributed by atoms with Crippen molar-refractivity contribution in [1.29, 1.82) is 0 Å². The van der Waals surface area contributed by atoms with E-state index >= 15 is 0 Å². The van der Waals surface area contributed by atoms with Gasteiger partial charge in [-0.2, -0.15) is 0 Å². The van der Waals surface area contributed by atoms with Gasteiger partial charge in [0.1, 0.15) is 10.8 Å². The van der Waals surface area contributed by atoms with Gasteiger partial charge in [0.25, 0.3) is 5.91 Å². The molecule has 0 bridgehead atoms. The Labute approximate surface area is 211 Å². The number of hydrogen-bond acceptors (Lipinski definition) is 5. The van der Waals surface area contributed by atoms with E-state index in [1.165, 1.54) is 63.4 Å². The van der Waals surface area contributed by atoms with E-state index in [1.54, 1.807) is 12.1 Å². The van der Waals surface area contributed by atoms with E-state index in [2.05, 4.69) is 25.9 Å². The summed E-state index contributed by atoms with van der Waals surface area (Å²) in [5.41, 5.74) is 1.50. The van der Waals surface area contributed by atoms with Gasteiger partial charge in [0.2, 0.25) is 0 Å². The number of carbonyl (C=O) groups excluding carboxylic acids is 2. The maximum atomic E-state index is 12.9. The zero-order valence-corrected chi connectivity index (χ0v) is 20.7. The predicted molar refractivity (Wildman–Crippen MR) is 136 cm³/mol. The molecule has 2 heterocycles. The van der Waals surface area contributed by atoms with Crippen LogP contribution in [0.4, 0.5) is 16.2 Å². The number of nitrogens with zero attached hydrogens (tertiary/aromatic N) is 2. The second-order valence-corrected chi connectivity index (χ2v) is 10.1. The molecule has 9 heteroatoms. The highest BCUT2D eigenvalue weighted by Gasteiger charge is 2.27. The molecule has 2 aliphatic carbocycles. The highest BCUT2D eigenvalue weighted by Crippen LogP contribution is 2.37. The molecule has 8 nitrogen and oxygen atoms in total. The van der Waals surface area contributed by atoms with E-state index in [4.69, 9.17) is 11.6 Å². The van der Waals surface area contributed by atoms with Crippen LogP contribution in [0.5, 0.6) is 0 Å². The van der Waals surface area contributed by atoms with Crippen molar-refractivity contribution in [2.24, 2.45) is 11.8 Å². The summed E-state index contributed by atoms with van der Waals surface area (Å²) in [6.45, 7) is -0.290. The molecule has 188 valence electrons. The minimum Gasteiger partial charge on any atom is -0.392 e. The number of nitrogens with one attached hydrogen (secondary N) is 3. The fourth-order valence-electron chi connectivity index (χ4n) is 5.43. The van der Waals surface area contributed by atoms with E-state index < -0.39 is 6.03 Å². The van der Waals surface area contributed by atoms with Gasteiger partial charge < -0.3 is 21.1 Å². The molecule has 2 unspecified atom stereocenters. The first-order valence-electron chi connectivity index (χ1n) is 12.6. The van der Waals surface area contributed by atoms with Crippen LogP contribution in [0.3, 0.4) is 0 Å². The standard InChI is InChI=1S/C26H34ClN5O3/c27-24-14-22(19(16-33)15-29-24)32-26(35)31-21-11-12-28-23(13-21)25(34)30-20-8-4-7-18(9-10-20)17-5-2-1-3-6-17/h11-15,17-18,20,33H,1-10,16H2,(H,30,34)(H2,28,29,31,32,35). The van der Waals surface area contributed by atoms with Gasteiger partial charge in [-0.25, -0.2) is 9.78 Å². The van der Waals surface area contributed by atoms with Crippen molar-refractivity contribution >= 4 is 34.9 Å². The first kappa shape index (κ1) is 25.4. The van der Waals surface area contributed by atoms with Gasteiger partial charge in [-0.1, -0.05) is 56.5 Å². The number of aliphatic hydroxyl groups excluding tert-OH is 1. The Hall–Kier alpha value is -2.71. The topological polar surface area (TPSA) is 116 Å². The third-order valence-corrected chi connectivity index (χ3v) is 7.49. The summed E-state index contributed by atoms with van der Waals surface area (Å²) in [5.74, 6) is 1.44. The molecular formula is C26H34ClN5O3. The van der Waals surface area contributed by atoms with Crippen LogP contribution in [0.25, 0.3) is 0 Å². The Morgan fingerprint density at radius 1 is 0.943 bits per heavy atom. The predicted octanol–water partition coefficient (Wildman–Crippen LogP) is 5.53. The molecule has 0 aliphatic heterocycles. The normalized spacial score (nSPS) is 21.1. The summed E-state index contributed by atoms with van der Waals surface area (Å²) in [5, 5.41) is 18.1. The third kappa shape index (κ3) is 7.15. The lowest BCUT2D eigenvalue weighted by Gasteiger charge is -2.29. The first-order valence-corrected chi connectivity index (χ1v) is 13.0. The van der Waals surface area contributed by atoms with Gasteiger partial charge in [-0.3, -0.25) is 9.78 Å². The summed E-state index contributed by atoms with van der Waals surface area (Å²) >= 11 is 5.89. The minimum atomic E-state index is -0.531. The van der Waals surface area contributed by atoms with Crippen LogP contribution < -0.4 is 16.0 Å². The lowest BCUT2D eigenvalue weighted by Crippen LogP contribution is -2.35. The summed E-state index contributed by atoms with van der Waals surface area (Å²) in [6.07, 6.45) is 15.4. The maximum absolute atomic E-state index is 12.9. The fraction of sp³-hybridized carbons (Fsp3) is 0.538. The quantitative estimate of drug-likeness (QED) is 0.308. The van der Waals surface area contributed by atoms with Crippen molar-refractivity contribution in [3.05, 3.63) is 47.0 Å². The van der Waals surface area contributed by atoms with Crippen LogP contribution in [0.2, 0.25) is 5.15 Å². The summed E-state index contributed by atoms with van der Waals surface area (Å²) in [4.78, 5) is 33.5. The van der Waals surface area contributed by atoms with Crippen molar-refractivity contribution in [2.75, 3.05) is 10.6 Å².